The second-order valence-corrected chi connectivity index (χ2v) is 12.2. The molecule has 5 nitrogen and oxygen atoms in total. The Hall–Kier alpha value is -3.00. The number of rotatable bonds is 10. The summed E-state index contributed by atoms with van der Waals surface area (Å²) in [6, 6.07) is 19.5. The van der Waals surface area contributed by atoms with E-state index in [0.717, 1.165) is 40.5 Å². The van der Waals surface area contributed by atoms with Crippen molar-refractivity contribution >= 4 is 31.3 Å². The van der Waals surface area contributed by atoms with E-state index in [1.54, 1.807) is 47.0 Å². The monoisotopic (exact) mass is 578 g/mol. The van der Waals surface area contributed by atoms with Crippen LogP contribution in [0.15, 0.2) is 105 Å². The van der Waals surface area contributed by atoms with Crippen molar-refractivity contribution in [3.63, 3.8) is 0 Å². The molecule has 4 rings (SSSR count). The lowest BCUT2D eigenvalue weighted by atomic mass is 10.0. The van der Waals surface area contributed by atoms with E-state index >= 15 is 0 Å². The van der Waals surface area contributed by atoms with Gasteiger partial charge in [-0.15, -0.1) is 6.58 Å². The highest BCUT2D eigenvalue weighted by atomic mass is 79.9. The fourth-order valence-electron chi connectivity index (χ4n) is 4.46. The summed E-state index contributed by atoms with van der Waals surface area (Å²) in [6.07, 6.45) is 5.75. The van der Waals surface area contributed by atoms with Gasteiger partial charge in [0.25, 0.3) is 5.56 Å². The number of nitrogens with one attached hydrogen (secondary N) is 1. The highest BCUT2D eigenvalue weighted by molar-refractivity contribution is 9.10. The number of aromatic nitrogens is 1. The van der Waals surface area contributed by atoms with E-state index in [0.29, 0.717) is 23.6 Å². The molecule has 0 spiro atoms. The average molecular weight is 580 g/mol. The lowest BCUT2D eigenvalue weighted by molar-refractivity contribution is 0.484. The molecular weight excluding hydrogens is 548 g/mol. The van der Waals surface area contributed by atoms with Crippen LogP contribution in [0, 0.1) is 12.8 Å². The average Bonchev–Trinajstić information content (AvgIpc) is 2.89. The van der Waals surface area contributed by atoms with E-state index in [1.807, 2.05) is 43.3 Å². The molecule has 0 fully saturated rings. The third-order valence-corrected chi connectivity index (χ3v) is 9.06. The highest BCUT2D eigenvalue weighted by Gasteiger charge is 2.21. The van der Waals surface area contributed by atoms with Gasteiger partial charge in [-0.05, 0) is 97.4 Å². The van der Waals surface area contributed by atoms with Gasteiger partial charge in [-0.1, -0.05) is 47.1 Å². The normalized spacial score (nSPS) is 12.5. The number of pyridine rings is 2. The minimum atomic E-state index is -3.68. The maximum absolute atomic E-state index is 13.4. The smallest absolute Gasteiger partial charge is 0.259 e. The van der Waals surface area contributed by atoms with E-state index in [2.05, 4.69) is 34.7 Å². The molecule has 0 aliphatic rings. The Morgan fingerprint density at radius 3 is 2.57 bits per heavy atom. The Balaban J connectivity index is 1.62. The number of halogens is 1. The largest absolute Gasteiger partial charge is 0.312 e. The first-order valence-corrected chi connectivity index (χ1v) is 14.6. The summed E-state index contributed by atoms with van der Waals surface area (Å²) in [5, 5.41) is 3.39. The topological polar surface area (TPSA) is 67.7 Å². The number of hydrogen-bond acceptors (Lipinski definition) is 4. The molecule has 2 aromatic heterocycles. The van der Waals surface area contributed by atoms with Gasteiger partial charge in [-0.2, -0.15) is 0 Å². The third-order valence-electron chi connectivity index (χ3n) is 6.61. The van der Waals surface area contributed by atoms with Crippen molar-refractivity contribution in [1.29, 1.82) is 0 Å². The number of benzene rings is 2. The number of sulfone groups is 1. The minimum Gasteiger partial charge on any atom is -0.312 e. The fourth-order valence-corrected chi connectivity index (χ4v) is 6.25. The zero-order valence-corrected chi connectivity index (χ0v) is 23.5. The van der Waals surface area contributed by atoms with Gasteiger partial charge in [0.2, 0.25) is 9.84 Å². The Morgan fingerprint density at radius 2 is 1.84 bits per heavy atom. The summed E-state index contributed by atoms with van der Waals surface area (Å²) in [5.74, 6) is 0.510. The zero-order chi connectivity index (χ0) is 26.6. The van der Waals surface area contributed by atoms with E-state index in [9.17, 15) is 13.2 Å². The zero-order valence-electron chi connectivity index (χ0n) is 21.1. The quantitative estimate of drug-likeness (QED) is 0.216. The van der Waals surface area contributed by atoms with E-state index in [-0.39, 0.29) is 15.4 Å². The molecular formula is C30H31BrN2O3S. The molecule has 1 unspecified atom stereocenters. The summed E-state index contributed by atoms with van der Waals surface area (Å²) >= 11 is 3.35. The first-order chi connectivity index (χ1) is 17.7. The highest BCUT2D eigenvalue weighted by Crippen LogP contribution is 2.32. The molecule has 0 bridgehead atoms. The summed E-state index contributed by atoms with van der Waals surface area (Å²) in [6.45, 7) is 9.13. The van der Waals surface area contributed by atoms with Crippen LogP contribution in [0.5, 0.6) is 0 Å². The number of fused-ring (bicyclic) bond motifs is 1. The SMILES string of the molecule is C=CCCC(C)CNCc1ccc2cc(-c3cccc(S(=O)(=O)c4ccc(Br)cc4)c3C)ccn2c1=O. The Labute approximate surface area is 226 Å². The molecule has 0 aliphatic heterocycles. The molecule has 37 heavy (non-hydrogen) atoms. The van der Waals surface area contributed by atoms with Crippen molar-refractivity contribution in [3.8, 4) is 11.1 Å². The van der Waals surface area contributed by atoms with Gasteiger partial charge in [-0.25, -0.2) is 8.42 Å². The lowest BCUT2D eigenvalue weighted by Gasteiger charge is -2.14. The molecule has 2 aromatic carbocycles. The van der Waals surface area contributed by atoms with Gasteiger partial charge in [0.05, 0.1) is 9.79 Å². The van der Waals surface area contributed by atoms with E-state index < -0.39 is 9.84 Å². The number of hydrogen-bond donors (Lipinski definition) is 1. The van der Waals surface area contributed by atoms with Gasteiger partial charge in [0.15, 0.2) is 0 Å². The Bertz CT molecular complexity index is 1590. The first kappa shape index (κ1) is 27.0. The van der Waals surface area contributed by atoms with Gasteiger partial charge >= 0.3 is 0 Å². The Morgan fingerprint density at radius 1 is 1.08 bits per heavy atom. The standard InChI is InChI=1S/C30H31BrN2O3S/c1-4-5-7-21(2)19-32-20-24-10-13-26-18-23(16-17-33(26)30(24)34)28-8-6-9-29(22(28)3)37(35,36)27-14-11-25(31)12-15-27/h4,6,8-18,21,32H,1,5,7,19-20H2,2-3H3. The molecule has 7 heteroatoms. The molecule has 0 aliphatic carbocycles. The molecule has 192 valence electrons. The molecule has 1 atom stereocenters. The molecule has 0 radical (unpaired) electrons. The van der Waals surface area contributed by atoms with Crippen molar-refractivity contribution in [2.24, 2.45) is 5.92 Å². The van der Waals surface area contributed by atoms with Crippen LogP contribution < -0.4 is 10.9 Å². The lowest BCUT2D eigenvalue weighted by Crippen LogP contribution is -2.26. The molecule has 4 aromatic rings. The Kier molecular flexibility index (Phi) is 8.47. The van der Waals surface area contributed by atoms with E-state index in [1.165, 1.54) is 0 Å². The number of allylic oxidation sites excluding steroid dienone is 1. The van der Waals surface area contributed by atoms with Crippen LogP contribution in [0.4, 0.5) is 0 Å². The molecule has 0 amide bonds. The van der Waals surface area contributed by atoms with Crippen molar-refractivity contribution in [1.82, 2.24) is 9.72 Å². The molecule has 0 saturated carbocycles. The van der Waals surface area contributed by atoms with Gasteiger partial charge in [0.1, 0.15) is 0 Å². The maximum Gasteiger partial charge on any atom is 0.259 e. The molecule has 0 saturated heterocycles. The first-order valence-electron chi connectivity index (χ1n) is 12.3. The van der Waals surface area contributed by atoms with Gasteiger partial charge < -0.3 is 5.32 Å². The number of nitrogens with zero attached hydrogens (tertiary/aromatic N) is 1. The maximum atomic E-state index is 13.4. The minimum absolute atomic E-state index is 0.0569. The van der Waals surface area contributed by atoms with Crippen LogP contribution >= 0.6 is 15.9 Å². The summed E-state index contributed by atoms with van der Waals surface area (Å²) in [4.78, 5) is 13.6. The summed E-state index contributed by atoms with van der Waals surface area (Å²) in [7, 11) is -3.68. The predicted octanol–water partition coefficient (Wildman–Crippen LogP) is 6.56. The van der Waals surface area contributed by atoms with Crippen LogP contribution in [-0.4, -0.2) is 19.4 Å². The van der Waals surface area contributed by atoms with Crippen LogP contribution in [-0.2, 0) is 16.4 Å². The predicted molar refractivity (Wildman–Crippen MR) is 154 cm³/mol. The van der Waals surface area contributed by atoms with Gasteiger partial charge in [0, 0.05) is 28.3 Å². The van der Waals surface area contributed by atoms with Crippen molar-refractivity contribution in [3.05, 3.63) is 112 Å². The summed E-state index contributed by atoms with van der Waals surface area (Å²) in [5.41, 5.74) is 3.74. The van der Waals surface area contributed by atoms with Crippen LogP contribution in [0.25, 0.3) is 16.6 Å². The van der Waals surface area contributed by atoms with E-state index in [4.69, 9.17) is 0 Å². The third kappa shape index (κ3) is 5.95. The molecule has 1 N–H and O–H groups in total. The van der Waals surface area contributed by atoms with Crippen LogP contribution in [0.1, 0.15) is 30.9 Å². The fraction of sp³-hybridized carbons (Fsp3) is 0.233. The van der Waals surface area contributed by atoms with Gasteiger partial charge in [-0.3, -0.25) is 9.20 Å². The second-order valence-electron chi connectivity index (χ2n) is 9.36. The van der Waals surface area contributed by atoms with Crippen molar-refractivity contribution in [2.75, 3.05) is 6.54 Å². The molecule has 2 heterocycles. The summed E-state index contributed by atoms with van der Waals surface area (Å²) < 4.78 is 29.2. The van der Waals surface area contributed by atoms with Crippen molar-refractivity contribution in [2.45, 2.75) is 43.0 Å². The second kappa shape index (κ2) is 11.6. The van der Waals surface area contributed by atoms with Crippen molar-refractivity contribution < 1.29 is 8.42 Å². The van der Waals surface area contributed by atoms with Crippen LogP contribution in [0.2, 0.25) is 0 Å². The van der Waals surface area contributed by atoms with Crippen LogP contribution in [0.3, 0.4) is 0 Å².